The van der Waals surface area contributed by atoms with Crippen molar-refractivity contribution in [1.82, 2.24) is 39.0 Å². The van der Waals surface area contributed by atoms with E-state index in [2.05, 4.69) is 30.6 Å². The summed E-state index contributed by atoms with van der Waals surface area (Å²) in [4.78, 5) is 26.6. The molecule has 0 unspecified atom stereocenters. The largest absolute Gasteiger partial charge is 0.416 e. The fourth-order valence-corrected chi connectivity index (χ4v) is 4.85. The van der Waals surface area contributed by atoms with Crippen LogP contribution in [0.5, 0.6) is 0 Å². The molecule has 0 radical (unpaired) electrons. The number of halogens is 3. The molecule has 3 N–H and O–H groups in total. The number of aromatic nitrogens is 8. The van der Waals surface area contributed by atoms with Crippen LogP contribution in [0.3, 0.4) is 0 Å². The van der Waals surface area contributed by atoms with Gasteiger partial charge in [-0.15, -0.1) is 0 Å². The Morgan fingerprint density at radius 1 is 0.857 bits per heavy atom. The summed E-state index contributed by atoms with van der Waals surface area (Å²) in [5.41, 5.74) is 4.51. The second kappa shape index (κ2) is 9.87. The Morgan fingerprint density at radius 2 is 1.62 bits per heavy atom. The molecule has 0 spiro atoms. The van der Waals surface area contributed by atoms with E-state index in [0.717, 1.165) is 40.0 Å². The minimum absolute atomic E-state index is 0.264. The van der Waals surface area contributed by atoms with Crippen LogP contribution in [0.2, 0.25) is 0 Å². The summed E-state index contributed by atoms with van der Waals surface area (Å²) >= 11 is 0. The molecule has 0 amide bonds. The summed E-state index contributed by atoms with van der Waals surface area (Å²) in [7, 11) is 1.89. The van der Waals surface area contributed by atoms with Crippen molar-refractivity contribution in [3.63, 3.8) is 0 Å². The van der Waals surface area contributed by atoms with E-state index in [1.807, 2.05) is 60.1 Å². The molecule has 3 aromatic carbocycles. The van der Waals surface area contributed by atoms with Crippen LogP contribution in [0.15, 0.2) is 79.1 Å². The molecule has 0 fully saturated rings. The van der Waals surface area contributed by atoms with Crippen molar-refractivity contribution >= 4 is 50.9 Å². The highest BCUT2D eigenvalue weighted by Crippen LogP contribution is 2.30. The number of aromatic amines is 1. The van der Waals surface area contributed by atoms with Crippen LogP contribution < -0.4 is 10.6 Å². The van der Waals surface area contributed by atoms with Gasteiger partial charge in [0, 0.05) is 7.05 Å². The number of hydrogen-bond donors (Lipinski definition) is 3. The van der Waals surface area contributed by atoms with Crippen LogP contribution in [0.1, 0.15) is 17.0 Å². The molecule has 0 saturated carbocycles. The van der Waals surface area contributed by atoms with Gasteiger partial charge in [0.05, 0.1) is 47.0 Å². The molecule has 13 heteroatoms. The fraction of sp³-hybridized carbons (Fsp3) is 0.138. The maximum Gasteiger partial charge on any atom is 0.416 e. The van der Waals surface area contributed by atoms with Crippen molar-refractivity contribution in [3.05, 3.63) is 96.1 Å². The first kappa shape index (κ1) is 25.5. The van der Waals surface area contributed by atoms with Gasteiger partial charge in [0.25, 0.3) is 0 Å². The topological polar surface area (TPSA) is 114 Å². The van der Waals surface area contributed by atoms with Crippen LogP contribution in [0.4, 0.5) is 30.9 Å². The Kier molecular flexibility index (Phi) is 5.99. The monoisotopic (exact) mass is 568 g/mol. The molecular weight excluding hydrogens is 545 g/mol. The molecule has 0 aliphatic heterocycles. The Morgan fingerprint density at radius 3 is 2.38 bits per heavy atom. The normalized spacial score (nSPS) is 12.0. The quantitative estimate of drug-likeness (QED) is 0.216. The number of para-hydroxylation sites is 4. The number of fused-ring (bicyclic) bond motifs is 3. The molecule has 42 heavy (non-hydrogen) atoms. The standard InChI is InChI=1S/C29H23F3N10/c1-41-22-9-5-4-8-21(22)37-28(41)40-27-38-25(33-14-23-35-19-6-2-3-7-20(19)36-23)24-26(39-27)42(16-34-24)15-17-10-12-18(13-11-17)29(30,31)32/h2-13,16H,14-15H2,1H3,(H,35,36)(H2,33,37,38,39,40). The number of imidazole rings is 3. The number of rotatable bonds is 7. The first-order chi connectivity index (χ1) is 20.3. The van der Waals surface area contributed by atoms with Crippen molar-refractivity contribution in [3.8, 4) is 0 Å². The van der Waals surface area contributed by atoms with Crippen LogP contribution in [0.25, 0.3) is 33.2 Å². The SMILES string of the molecule is Cn1c(Nc2nc(NCc3nc4ccccc4[nH]3)c3ncn(Cc4ccc(C(F)(F)F)cc4)c3n2)nc2ccccc21. The lowest BCUT2D eigenvalue weighted by atomic mass is 10.1. The summed E-state index contributed by atoms with van der Waals surface area (Å²) in [6.45, 7) is 0.610. The van der Waals surface area contributed by atoms with E-state index >= 15 is 0 Å². The van der Waals surface area contributed by atoms with Crippen molar-refractivity contribution in [1.29, 1.82) is 0 Å². The minimum Gasteiger partial charge on any atom is -0.361 e. The number of benzene rings is 3. The first-order valence-corrected chi connectivity index (χ1v) is 13.1. The molecular formula is C29H23F3N10. The molecule has 0 aliphatic carbocycles. The summed E-state index contributed by atoms with van der Waals surface area (Å²) < 4.78 is 42.9. The second-order valence-corrected chi connectivity index (χ2v) is 9.80. The van der Waals surface area contributed by atoms with E-state index in [1.54, 1.807) is 10.9 Å². The van der Waals surface area contributed by atoms with Crippen LogP contribution in [-0.2, 0) is 26.3 Å². The zero-order valence-electron chi connectivity index (χ0n) is 22.2. The van der Waals surface area contributed by atoms with Crippen molar-refractivity contribution in [2.75, 3.05) is 10.6 Å². The van der Waals surface area contributed by atoms with E-state index in [-0.39, 0.29) is 12.5 Å². The van der Waals surface area contributed by atoms with Crippen molar-refractivity contribution in [2.24, 2.45) is 7.05 Å². The number of nitrogens with zero attached hydrogens (tertiary/aromatic N) is 7. The summed E-state index contributed by atoms with van der Waals surface area (Å²) in [6.07, 6.45) is -2.80. The number of hydrogen-bond acceptors (Lipinski definition) is 7. The fourth-order valence-electron chi connectivity index (χ4n) is 4.85. The average molecular weight is 569 g/mol. The van der Waals surface area contributed by atoms with E-state index in [9.17, 15) is 13.2 Å². The van der Waals surface area contributed by atoms with Crippen LogP contribution in [0, 0.1) is 0 Å². The molecule has 0 saturated heterocycles. The summed E-state index contributed by atoms with van der Waals surface area (Å²) in [5.74, 6) is 2.01. The zero-order valence-corrected chi connectivity index (χ0v) is 22.2. The van der Waals surface area contributed by atoms with Crippen LogP contribution in [-0.4, -0.2) is 39.0 Å². The van der Waals surface area contributed by atoms with E-state index in [1.165, 1.54) is 12.1 Å². The highest BCUT2D eigenvalue weighted by molar-refractivity contribution is 5.85. The van der Waals surface area contributed by atoms with Gasteiger partial charge in [-0.25, -0.2) is 15.0 Å². The highest BCUT2D eigenvalue weighted by Gasteiger charge is 2.30. The highest BCUT2D eigenvalue weighted by atomic mass is 19.4. The van der Waals surface area contributed by atoms with E-state index in [0.29, 0.717) is 35.0 Å². The number of nitrogens with one attached hydrogen (secondary N) is 3. The smallest absolute Gasteiger partial charge is 0.361 e. The van der Waals surface area contributed by atoms with Gasteiger partial charge in [-0.05, 0) is 42.0 Å². The molecule has 0 atom stereocenters. The third-order valence-corrected chi connectivity index (χ3v) is 6.97. The second-order valence-electron chi connectivity index (χ2n) is 9.80. The molecule has 0 aliphatic rings. The lowest BCUT2D eigenvalue weighted by Gasteiger charge is -2.11. The third kappa shape index (κ3) is 4.74. The first-order valence-electron chi connectivity index (χ1n) is 13.1. The number of alkyl halides is 3. The van der Waals surface area contributed by atoms with Gasteiger partial charge in [-0.3, -0.25) is 5.32 Å². The van der Waals surface area contributed by atoms with Crippen molar-refractivity contribution in [2.45, 2.75) is 19.3 Å². The summed E-state index contributed by atoms with van der Waals surface area (Å²) in [6, 6.07) is 20.6. The molecule has 7 rings (SSSR count). The lowest BCUT2D eigenvalue weighted by Crippen LogP contribution is -2.09. The van der Waals surface area contributed by atoms with Crippen molar-refractivity contribution < 1.29 is 13.2 Å². The van der Waals surface area contributed by atoms with E-state index in [4.69, 9.17) is 9.97 Å². The average Bonchev–Trinajstić information content (AvgIpc) is 3.67. The van der Waals surface area contributed by atoms with E-state index < -0.39 is 11.7 Å². The van der Waals surface area contributed by atoms with Gasteiger partial charge >= 0.3 is 6.18 Å². The lowest BCUT2D eigenvalue weighted by molar-refractivity contribution is -0.137. The Balaban J connectivity index is 1.25. The van der Waals surface area contributed by atoms with Gasteiger partial charge in [0.15, 0.2) is 17.0 Å². The van der Waals surface area contributed by atoms with Crippen LogP contribution >= 0.6 is 0 Å². The maximum atomic E-state index is 13.1. The number of anilines is 3. The predicted octanol–water partition coefficient (Wildman–Crippen LogP) is 6.01. The number of aryl methyl sites for hydroxylation is 1. The van der Waals surface area contributed by atoms with Gasteiger partial charge in [-0.2, -0.15) is 23.1 Å². The predicted molar refractivity (Wildman–Crippen MR) is 153 cm³/mol. The van der Waals surface area contributed by atoms with Gasteiger partial charge < -0.3 is 19.4 Å². The van der Waals surface area contributed by atoms with Gasteiger partial charge in [-0.1, -0.05) is 36.4 Å². The summed E-state index contributed by atoms with van der Waals surface area (Å²) in [5, 5.41) is 6.54. The Labute approximate surface area is 236 Å². The Bertz CT molecular complexity index is 2020. The molecule has 4 aromatic heterocycles. The Hall–Kier alpha value is -5.46. The molecule has 7 aromatic rings. The molecule has 0 bridgehead atoms. The molecule has 4 heterocycles. The molecule has 210 valence electrons. The maximum absolute atomic E-state index is 13.1. The van der Waals surface area contributed by atoms with Gasteiger partial charge in [0.1, 0.15) is 5.82 Å². The third-order valence-electron chi connectivity index (χ3n) is 6.97. The molecule has 10 nitrogen and oxygen atoms in total. The number of H-pyrrole nitrogens is 1. The minimum atomic E-state index is -4.40. The zero-order chi connectivity index (χ0) is 28.8. The van der Waals surface area contributed by atoms with Gasteiger partial charge in [0.2, 0.25) is 11.9 Å².